The van der Waals surface area contributed by atoms with Crippen LogP contribution >= 0.6 is 11.6 Å². The quantitative estimate of drug-likeness (QED) is 0.377. The third-order valence-corrected chi connectivity index (χ3v) is 8.05. The molecule has 0 unspecified atom stereocenters. The Morgan fingerprint density at radius 1 is 1.03 bits per heavy atom. The number of ether oxygens (including phenoxy) is 1. The molecule has 202 valence electrons. The van der Waals surface area contributed by atoms with Gasteiger partial charge in [-0.1, -0.05) is 41.9 Å². The second-order valence-electron chi connectivity index (χ2n) is 8.70. The average Bonchev–Trinajstić information content (AvgIpc) is 2.91. The van der Waals surface area contributed by atoms with Crippen molar-refractivity contribution in [3.63, 3.8) is 0 Å². The number of methoxy groups -OCH3 is 1. The minimum atomic E-state index is -4.14. The molecule has 0 aliphatic carbocycles. The third-order valence-electron chi connectivity index (χ3n) is 6.04. The molecule has 3 rings (SSSR count). The van der Waals surface area contributed by atoms with Gasteiger partial charge in [0.15, 0.2) is 0 Å². The molecule has 0 saturated carbocycles. The largest absolute Gasteiger partial charge is 0.497 e. The van der Waals surface area contributed by atoms with Gasteiger partial charge in [-0.05, 0) is 74.4 Å². The van der Waals surface area contributed by atoms with Crippen molar-refractivity contribution in [3.05, 3.63) is 88.9 Å². The maximum absolute atomic E-state index is 13.9. The van der Waals surface area contributed by atoms with E-state index in [1.165, 1.54) is 17.0 Å². The van der Waals surface area contributed by atoms with Gasteiger partial charge in [-0.2, -0.15) is 0 Å². The molecule has 0 spiro atoms. The monoisotopic (exact) mass is 557 g/mol. The van der Waals surface area contributed by atoms with Crippen molar-refractivity contribution in [3.8, 4) is 5.75 Å². The highest BCUT2D eigenvalue weighted by Crippen LogP contribution is 2.29. The van der Waals surface area contributed by atoms with Crippen molar-refractivity contribution in [2.75, 3.05) is 24.5 Å². The van der Waals surface area contributed by atoms with Crippen LogP contribution in [0, 0.1) is 6.92 Å². The van der Waals surface area contributed by atoms with E-state index < -0.39 is 28.5 Å². The fourth-order valence-electron chi connectivity index (χ4n) is 4.00. The topological polar surface area (TPSA) is 96.0 Å². The van der Waals surface area contributed by atoms with Gasteiger partial charge in [0.25, 0.3) is 10.0 Å². The molecule has 0 heterocycles. The van der Waals surface area contributed by atoms with Gasteiger partial charge in [0.2, 0.25) is 11.8 Å². The lowest BCUT2D eigenvalue weighted by Gasteiger charge is -2.32. The number of hydrogen-bond acceptors (Lipinski definition) is 5. The number of sulfonamides is 1. The highest BCUT2D eigenvalue weighted by molar-refractivity contribution is 7.92. The van der Waals surface area contributed by atoms with E-state index >= 15 is 0 Å². The van der Waals surface area contributed by atoms with Crippen LogP contribution in [-0.4, -0.2) is 51.4 Å². The molecule has 3 aromatic carbocycles. The lowest BCUT2D eigenvalue weighted by molar-refractivity contribution is -0.139. The number of halogens is 1. The molecule has 0 saturated heterocycles. The number of hydrogen-bond donors (Lipinski definition) is 1. The Hall–Kier alpha value is -3.56. The van der Waals surface area contributed by atoms with Crippen molar-refractivity contribution >= 4 is 39.1 Å². The van der Waals surface area contributed by atoms with Gasteiger partial charge in [0.1, 0.15) is 18.3 Å². The molecule has 0 bridgehead atoms. The highest BCUT2D eigenvalue weighted by Gasteiger charge is 2.33. The second kappa shape index (κ2) is 12.8. The van der Waals surface area contributed by atoms with E-state index in [4.69, 9.17) is 16.3 Å². The molecule has 10 heteroatoms. The van der Waals surface area contributed by atoms with Crippen LogP contribution in [0.5, 0.6) is 5.75 Å². The van der Waals surface area contributed by atoms with Crippen molar-refractivity contribution in [1.29, 1.82) is 0 Å². The van der Waals surface area contributed by atoms with E-state index in [1.807, 2.05) is 6.07 Å². The summed E-state index contributed by atoms with van der Waals surface area (Å²) in [6.45, 7) is 5.08. The van der Waals surface area contributed by atoms with Gasteiger partial charge >= 0.3 is 0 Å². The molecule has 0 aliphatic heterocycles. The molecule has 0 aliphatic rings. The Kier molecular flexibility index (Phi) is 9.77. The van der Waals surface area contributed by atoms with E-state index in [9.17, 15) is 18.0 Å². The number of benzene rings is 3. The van der Waals surface area contributed by atoms with Crippen LogP contribution in [0.2, 0.25) is 5.02 Å². The summed E-state index contributed by atoms with van der Waals surface area (Å²) in [6, 6.07) is 19.0. The number of rotatable bonds is 11. The number of nitrogens with one attached hydrogen (secondary N) is 1. The summed E-state index contributed by atoms with van der Waals surface area (Å²) in [5.74, 6) is -0.282. The SMILES string of the molecule is CCNC(=O)[C@H](C)N(Cc1cccc(OC)c1)C(=O)CN(c1ccc(Cl)cc1C)S(=O)(=O)c1ccccc1. The summed E-state index contributed by atoms with van der Waals surface area (Å²) >= 11 is 6.13. The number of carbonyl (C=O) groups is 2. The van der Waals surface area contributed by atoms with Gasteiger partial charge in [0, 0.05) is 18.1 Å². The number of anilines is 1. The van der Waals surface area contributed by atoms with Crippen molar-refractivity contribution in [1.82, 2.24) is 10.2 Å². The zero-order valence-electron chi connectivity index (χ0n) is 21.8. The summed E-state index contributed by atoms with van der Waals surface area (Å²) in [6.07, 6.45) is 0. The minimum absolute atomic E-state index is 0.0401. The third kappa shape index (κ3) is 6.85. The first-order valence-electron chi connectivity index (χ1n) is 12.1. The molecule has 0 aromatic heterocycles. The highest BCUT2D eigenvalue weighted by atomic mass is 35.5. The van der Waals surface area contributed by atoms with Crippen LogP contribution in [-0.2, 0) is 26.2 Å². The number of aryl methyl sites for hydroxylation is 1. The summed E-state index contributed by atoms with van der Waals surface area (Å²) < 4.78 is 34.0. The Bertz CT molecular complexity index is 1380. The van der Waals surface area contributed by atoms with Gasteiger partial charge in [-0.25, -0.2) is 8.42 Å². The molecule has 1 atom stereocenters. The van der Waals surface area contributed by atoms with E-state index in [0.29, 0.717) is 28.6 Å². The molecule has 2 amide bonds. The molecular weight excluding hydrogens is 526 g/mol. The van der Waals surface area contributed by atoms with Crippen molar-refractivity contribution in [2.24, 2.45) is 0 Å². The first kappa shape index (κ1) is 29.0. The summed E-state index contributed by atoms with van der Waals surface area (Å²) in [5.41, 5.74) is 1.63. The molecule has 8 nitrogen and oxygen atoms in total. The van der Waals surface area contributed by atoms with Crippen molar-refractivity contribution in [2.45, 2.75) is 38.3 Å². The maximum Gasteiger partial charge on any atom is 0.264 e. The van der Waals surface area contributed by atoms with Crippen LogP contribution in [0.3, 0.4) is 0 Å². The van der Waals surface area contributed by atoms with Gasteiger partial charge in [-0.15, -0.1) is 0 Å². The second-order valence-corrected chi connectivity index (χ2v) is 11.0. The van der Waals surface area contributed by atoms with E-state index in [1.54, 1.807) is 82.5 Å². The van der Waals surface area contributed by atoms with Gasteiger partial charge < -0.3 is 15.0 Å². The molecule has 0 fully saturated rings. The molecule has 3 aromatic rings. The summed E-state index contributed by atoms with van der Waals surface area (Å²) in [4.78, 5) is 28.1. The number of amides is 2. The van der Waals surface area contributed by atoms with Crippen LogP contribution in [0.15, 0.2) is 77.7 Å². The fourth-order valence-corrected chi connectivity index (χ4v) is 5.73. The molecular formula is C28H32ClN3O5S. The number of nitrogens with zero attached hydrogens (tertiary/aromatic N) is 2. The zero-order valence-corrected chi connectivity index (χ0v) is 23.4. The molecule has 0 radical (unpaired) electrons. The van der Waals surface area contributed by atoms with Crippen molar-refractivity contribution < 1.29 is 22.7 Å². The minimum Gasteiger partial charge on any atom is -0.497 e. The predicted molar refractivity (Wildman–Crippen MR) is 149 cm³/mol. The maximum atomic E-state index is 13.9. The predicted octanol–water partition coefficient (Wildman–Crippen LogP) is 4.41. The standard InChI is InChI=1S/C28H32ClN3O5S/c1-5-30-28(34)21(3)31(18-22-10-9-11-24(17-22)37-4)27(33)19-32(26-15-14-23(29)16-20(26)2)38(35,36)25-12-7-6-8-13-25/h6-17,21H,5,18-19H2,1-4H3,(H,30,34)/t21-/m0/s1. The van der Waals surface area contributed by atoms with E-state index in [0.717, 1.165) is 9.87 Å². The van der Waals surface area contributed by atoms with Gasteiger partial charge in [0.05, 0.1) is 17.7 Å². The first-order valence-corrected chi connectivity index (χ1v) is 13.9. The summed E-state index contributed by atoms with van der Waals surface area (Å²) in [7, 11) is -2.59. The lowest BCUT2D eigenvalue weighted by atomic mass is 10.1. The van der Waals surface area contributed by atoms with E-state index in [-0.39, 0.29) is 17.3 Å². The van der Waals surface area contributed by atoms with Crippen LogP contribution < -0.4 is 14.4 Å². The van der Waals surface area contributed by atoms with Crippen LogP contribution in [0.1, 0.15) is 25.0 Å². The lowest BCUT2D eigenvalue weighted by Crippen LogP contribution is -2.51. The number of likely N-dealkylation sites (N-methyl/N-ethyl adjacent to an activating group) is 1. The normalized spacial score (nSPS) is 11.9. The van der Waals surface area contributed by atoms with Crippen LogP contribution in [0.25, 0.3) is 0 Å². The van der Waals surface area contributed by atoms with E-state index in [2.05, 4.69) is 5.32 Å². The Morgan fingerprint density at radius 2 is 1.74 bits per heavy atom. The molecule has 38 heavy (non-hydrogen) atoms. The Balaban J connectivity index is 2.06. The molecule has 1 N–H and O–H groups in total. The Morgan fingerprint density at radius 3 is 2.37 bits per heavy atom. The average molecular weight is 558 g/mol. The van der Waals surface area contributed by atoms with Crippen LogP contribution in [0.4, 0.5) is 5.69 Å². The summed E-state index contributed by atoms with van der Waals surface area (Å²) in [5, 5.41) is 3.19. The fraction of sp³-hybridized carbons (Fsp3) is 0.286. The number of carbonyl (C=O) groups excluding carboxylic acids is 2. The first-order chi connectivity index (χ1) is 18.1. The Labute approximate surface area is 229 Å². The zero-order chi connectivity index (χ0) is 27.9. The smallest absolute Gasteiger partial charge is 0.264 e. The van der Waals surface area contributed by atoms with Gasteiger partial charge in [-0.3, -0.25) is 13.9 Å².